The molecular weight excluding hydrogens is 305 g/mol. The second-order valence-electron chi connectivity index (χ2n) is 5.58. The first kappa shape index (κ1) is 14.0. The van der Waals surface area contributed by atoms with Crippen LogP contribution < -0.4 is 5.32 Å². The van der Waals surface area contributed by atoms with Gasteiger partial charge in [0.1, 0.15) is 17.8 Å². The Balaban J connectivity index is 1.77. The van der Waals surface area contributed by atoms with Crippen molar-refractivity contribution in [2.24, 2.45) is 0 Å². The van der Waals surface area contributed by atoms with Crippen LogP contribution in [0.1, 0.15) is 29.2 Å². The third-order valence-corrected chi connectivity index (χ3v) is 4.22. The SMILES string of the molecule is FC(F)(F)c1c[nH]c2ncnc(NC3CCc4ccccc43)c12. The number of hydrogen-bond acceptors (Lipinski definition) is 3. The van der Waals surface area contributed by atoms with E-state index in [0.717, 1.165) is 24.6 Å². The molecule has 118 valence electrons. The summed E-state index contributed by atoms with van der Waals surface area (Å²) in [6.45, 7) is 0. The zero-order valence-electron chi connectivity index (χ0n) is 12.0. The molecule has 7 heteroatoms. The number of benzene rings is 1. The fourth-order valence-electron chi connectivity index (χ4n) is 3.17. The molecule has 3 aromatic rings. The minimum Gasteiger partial charge on any atom is -0.363 e. The van der Waals surface area contributed by atoms with E-state index in [2.05, 4.69) is 20.3 Å². The minimum absolute atomic E-state index is 0.00983. The van der Waals surface area contributed by atoms with Crippen molar-refractivity contribution >= 4 is 16.9 Å². The van der Waals surface area contributed by atoms with E-state index in [1.54, 1.807) is 0 Å². The Morgan fingerprint density at radius 1 is 1.17 bits per heavy atom. The van der Waals surface area contributed by atoms with Crippen molar-refractivity contribution < 1.29 is 13.2 Å². The zero-order valence-corrected chi connectivity index (χ0v) is 12.0. The summed E-state index contributed by atoms with van der Waals surface area (Å²) >= 11 is 0. The van der Waals surface area contributed by atoms with Crippen molar-refractivity contribution in [2.45, 2.75) is 25.1 Å². The molecule has 4 nitrogen and oxygen atoms in total. The van der Waals surface area contributed by atoms with Crippen molar-refractivity contribution in [1.29, 1.82) is 0 Å². The van der Waals surface area contributed by atoms with Gasteiger partial charge in [-0.2, -0.15) is 13.2 Å². The Morgan fingerprint density at radius 3 is 2.83 bits per heavy atom. The highest BCUT2D eigenvalue weighted by Gasteiger charge is 2.35. The lowest BCUT2D eigenvalue weighted by Crippen LogP contribution is -2.11. The van der Waals surface area contributed by atoms with Gasteiger partial charge in [0.15, 0.2) is 0 Å². The molecule has 1 atom stereocenters. The van der Waals surface area contributed by atoms with Crippen LogP contribution in [0, 0.1) is 0 Å². The summed E-state index contributed by atoms with van der Waals surface area (Å²) in [5, 5.41) is 3.16. The van der Waals surface area contributed by atoms with Crippen LogP contribution >= 0.6 is 0 Å². The Morgan fingerprint density at radius 2 is 2.00 bits per heavy atom. The molecule has 0 radical (unpaired) electrons. The van der Waals surface area contributed by atoms with Gasteiger partial charge in [0.25, 0.3) is 0 Å². The standard InChI is InChI=1S/C16H13F3N4/c17-16(18,19)11-7-20-14-13(11)15(22-8-21-14)23-12-6-5-9-3-1-2-4-10(9)12/h1-4,7-8,12H,5-6H2,(H2,20,21,22,23). The molecule has 0 aliphatic heterocycles. The molecule has 1 aliphatic carbocycles. The lowest BCUT2D eigenvalue weighted by atomic mass is 10.1. The maximum Gasteiger partial charge on any atom is 0.418 e. The number of rotatable bonds is 2. The van der Waals surface area contributed by atoms with Gasteiger partial charge in [0.2, 0.25) is 0 Å². The van der Waals surface area contributed by atoms with Crippen LogP contribution in [0.15, 0.2) is 36.8 Å². The van der Waals surface area contributed by atoms with Crippen LogP contribution in [0.5, 0.6) is 0 Å². The van der Waals surface area contributed by atoms with E-state index in [1.165, 1.54) is 11.9 Å². The van der Waals surface area contributed by atoms with Gasteiger partial charge in [-0.05, 0) is 24.0 Å². The monoisotopic (exact) mass is 318 g/mol. The molecule has 0 fully saturated rings. The molecule has 0 amide bonds. The number of aryl methyl sites for hydroxylation is 1. The van der Waals surface area contributed by atoms with Crippen LogP contribution in [0.4, 0.5) is 19.0 Å². The summed E-state index contributed by atoms with van der Waals surface area (Å²) in [5.74, 6) is 0.213. The van der Waals surface area contributed by atoms with Crippen LogP contribution in [-0.4, -0.2) is 15.0 Å². The highest BCUT2D eigenvalue weighted by atomic mass is 19.4. The predicted octanol–water partition coefficient (Wildman–Crippen LogP) is 4.08. The van der Waals surface area contributed by atoms with Gasteiger partial charge in [-0.3, -0.25) is 0 Å². The topological polar surface area (TPSA) is 53.6 Å². The average molecular weight is 318 g/mol. The summed E-state index contributed by atoms with van der Waals surface area (Å²) in [6.07, 6.45) is -0.514. The average Bonchev–Trinajstić information content (AvgIpc) is 3.12. The van der Waals surface area contributed by atoms with Crippen molar-refractivity contribution in [2.75, 3.05) is 5.32 Å². The molecular formula is C16H13F3N4. The summed E-state index contributed by atoms with van der Waals surface area (Å²) in [7, 11) is 0. The Labute approximate surface area is 129 Å². The van der Waals surface area contributed by atoms with E-state index in [1.807, 2.05) is 24.3 Å². The lowest BCUT2D eigenvalue weighted by molar-refractivity contribution is -0.136. The van der Waals surface area contributed by atoms with Crippen LogP contribution in [-0.2, 0) is 12.6 Å². The third-order valence-electron chi connectivity index (χ3n) is 4.22. The number of halogens is 3. The van der Waals surface area contributed by atoms with Crippen molar-refractivity contribution in [3.8, 4) is 0 Å². The molecule has 2 aromatic heterocycles. The second-order valence-corrected chi connectivity index (χ2v) is 5.58. The molecule has 0 spiro atoms. The van der Waals surface area contributed by atoms with Crippen LogP contribution in [0.2, 0.25) is 0 Å². The maximum absolute atomic E-state index is 13.2. The first-order chi connectivity index (χ1) is 11.0. The molecule has 1 unspecified atom stereocenters. The molecule has 2 heterocycles. The molecule has 4 rings (SSSR count). The Kier molecular flexibility index (Phi) is 3.04. The van der Waals surface area contributed by atoms with E-state index in [9.17, 15) is 13.2 Å². The normalized spacial score (nSPS) is 17.4. The molecule has 0 bridgehead atoms. The number of H-pyrrole nitrogens is 1. The van der Waals surface area contributed by atoms with Gasteiger partial charge in [-0.1, -0.05) is 24.3 Å². The van der Waals surface area contributed by atoms with Crippen LogP contribution in [0.3, 0.4) is 0 Å². The molecule has 2 N–H and O–H groups in total. The number of aromatic nitrogens is 3. The van der Waals surface area contributed by atoms with Crippen LogP contribution in [0.25, 0.3) is 11.0 Å². The summed E-state index contributed by atoms with van der Waals surface area (Å²) < 4.78 is 39.5. The highest BCUT2D eigenvalue weighted by molar-refractivity contribution is 5.91. The number of aromatic amines is 1. The first-order valence-electron chi connectivity index (χ1n) is 7.27. The number of nitrogens with one attached hydrogen (secondary N) is 2. The maximum atomic E-state index is 13.2. The quantitative estimate of drug-likeness (QED) is 0.749. The van der Waals surface area contributed by atoms with E-state index in [0.29, 0.717) is 0 Å². The van der Waals surface area contributed by atoms with Gasteiger partial charge < -0.3 is 10.3 Å². The highest BCUT2D eigenvalue weighted by Crippen LogP contribution is 2.39. The van der Waals surface area contributed by atoms with E-state index in [-0.39, 0.29) is 22.9 Å². The fraction of sp³-hybridized carbons (Fsp3) is 0.250. The number of hydrogen-bond donors (Lipinski definition) is 2. The Bertz CT molecular complexity index is 869. The molecule has 23 heavy (non-hydrogen) atoms. The van der Waals surface area contributed by atoms with Gasteiger partial charge in [0, 0.05) is 6.20 Å². The largest absolute Gasteiger partial charge is 0.418 e. The zero-order chi connectivity index (χ0) is 16.0. The molecule has 1 aromatic carbocycles. The van der Waals surface area contributed by atoms with Crippen molar-refractivity contribution in [3.63, 3.8) is 0 Å². The smallest absolute Gasteiger partial charge is 0.363 e. The first-order valence-corrected chi connectivity index (χ1v) is 7.27. The lowest BCUT2D eigenvalue weighted by Gasteiger charge is -2.16. The van der Waals surface area contributed by atoms with E-state index >= 15 is 0 Å². The minimum atomic E-state index is -4.45. The van der Waals surface area contributed by atoms with Crippen molar-refractivity contribution in [3.05, 3.63) is 53.5 Å². The third kappa shape index (κ3) is 2.32. The van der Waals surface area contributed by atoms with Gasteiger partial charge in [-0.15, -0.1) is 0 Å². The number of anilines is 1. The van der Waals surface area contributed by atoms with Gasteiger partial charge in [-0.25, -0.2) is 9.97 Å². The molecule has 0 saturated heterocycles. The van der Waals surface area contributed by atoms with E-state index < -0.39 is 11.7 Å². The summed E-state index contributed by atoms with van der Waals surface area (Å²) in [4.78, 5) is 10.5. The molecule has 0 saturated carbocycles. The van der Waals surface area contributed by atoms with Crippen molar-refractivity contribution in [1.82, 2.24) is 15.0 Å². The van der Waals surface area contributed by atoms with Gasteiger partial charge >= 0.3 is 6.18 Å². The molecule has 1 aliphatic rings. The summed E-state index contributed by atoms with van der Waals surface area (Å²) in [6, 6.07) is 7.91. The predicted molar refractivity (Wildman–Crippen MR) is 80.0 cm³/mol. The second kappa shape index (κ2) is 4.97. The van der Waals surface area contributed by atoms with E-state index in [4.69, 9.17) is 0 Å². The number of alkyl halides is 3. The Hall–Kier alpha value is -2.57. The fourth-order valence-corrected chi connectivity index (χ4v) is 3.17. The number of nitrogens with zero attached hydrogens (tertiary/aromatic N) is 2. The summed E-state index contributed by atoms with van der Waals surface area (Å²) in [5.41, 5.74) is 1.77. The van der Waals surface area contributed by atoms with Gasteiger partial charge in [0.05, 0.1) is 17.0 Å². The number of fused-ring (bicyclic) bond motifs is 2.